The second-order valence-corrected chi connectivity index (χ2v) is 17.6. The number of urea groups is 1. The van der Waals surface area contributed by atoms with Crippen LogP contribution in [0, 0.1) is 34.4 Å². The number of benzene rings is 1. The van der Waals surface area contributed by atoms with Gasteiger partial charge in [-0.05, 0) is 81.9 Å². The molecule has 0 radical (unpaired) electrons. The molecule has 1 aromatic heterocycles. The van der Waals surface area contributed by atoms with E-state index in [1.807, 2.05) is 19.9 Å². The maximum atomic E-state index is 16.2. The number of aliphatic hydroxyl groups excluding tert-OH is 1. The van der Waals surface area contributed by atoms with Crippen LogP contribution < -0.4 is 20.4 Å². The van der Waals surface area contributed by atoms with Gasteiger partial charge in [0.2, 0.25) is 11.2 Å². The van der Waals surface area contributed by atoms with Crippen LogP contribution in [-0.4, -0.2) is 100 Å². The Labute approximate surface area is 334 Å². The van der Waals surface area contributed by atoms with Crippen molar-refractivity contribution in [2.24, 2.45) is 28.6 Å². The van der Waals surface area contributed by atoms with Crippen LogP contribution in [0.2, 0.25) is 0 Å². The molecule has 5 aliphatic carbocycles. The van der Waals surface area contributed by atoms with E-state index in [4.69, 9.17) is 21.1 Å². The van der Waals surface area contributed by atoms with E-state index < -0.39 is 52.1 Å². The van der Waals surface area contributed by atoms with E-state index in [-0.39, 0.29) is 96.0 Å². The number of fused-ring (bicyclic) bond motifs is 6. The summed E-state index contributed by atoms with van der Waals surface area (Å²) in [6, 6.07) is 0.338. The third-order valence-corrected chi connectivity index (χ3v) is 14.6. The van der Waals surface area contributed by atoms with E-state index in [1.54, 1.807) is 26.5 Å². The van der Waals surface area contributed by atoms with Crippen LogP contribution in [-0.2, 0) is 14.3 Å². The summed E-state index contributed by atoms with van der Waals surface area (Å²) in [7, 11) is 1.39. The fourth-order valence-corrected chi connectivity index (χ4v) is 11.6. The number of carbonyl (C=O) groups is 4. The van der Waals surface area contributed by atoms with Crippen molar-refractivity contribution in [1.29, 1.82) is 0 Å². The number of pyridine rings is 1. The number of ketones is 2. The lowest BCUT2D eigenvalue weighted by Gasteiger charge is -2.59. The Morgan fingerprint density at radius 2 is 1.88 bits per heavy atom. The van der Waals surface area contributed by atoms with Gasteiger partial charge in [-0.1, -0.05) is 25.5 Å². The Bertz CT molecular complexity index is 2190. The Morgan fingerprint density at radius 1 is 1.12 bits per heavy atom. The molecule has 3 N–H and O–H groups in total. The highest BCUT2D eigenvalue weighted by Gasteiger charge is 2.68. The number of hydrogen-bond acceptors (Lipinski definition) is 10. The van der Waals surface area contributed by atoms with E-state index in [1.165, 1.54) is 13.3 Å². The number of alkyl halides is 1. The van der Waals surface area contributed by atoms with Crippen molar-refractivity contribution in [2.75, 3.05) is 44.3 Å². The first kappa shape index (κ1) is 39.6. The number of methoxy groups -OCH3 is 1. The lowest BCUT2D eigenvalue weighted by molar-refractivity contribution is -0.178. The second-order valence-electron chi connectivity index (χ2n) is 17.4. The van der Waals surface area contributed by atoms with Crippen molar-refractivity contribution in [2.45, 2.75) is 89.5 Å². The molecule has 0 bridgehead atoms. The molecule has 57 heavy (non-hydrogen) atoms. The normalized spacial score (nSPS) is 33.3. The van der Waals surface area contributed by atoms with Crippen LogP contribution in [0.1, 0.15) is 82.1 Å². The number of carbonyl (C=O) groups excluding carboxylic acids is 4. The minimum Gasteiger partial charge on any atom is -0.492 e. The van der Waals surface area contributed by atoms with Gasteiger partial charge in [0.05, 0.1) is 30.1 Å². The molecule has 8 atom stereocenters. The van der Waals surface area contributed by atoms with Gasteiger partial charge in [-0.15, -0.1) is 11.6 Å². The standard InChI is InChI=1S/C42H50ClFN4O9/c1-22-18-46(13-14-47(22)39(54)45-21-43)35-30(44)16-27-34(37(35)56-4)48(24-6-7-24)19-28(36(27)52)38(53)57-20-32(51)42(55)12-10-29-26-8-5-23-15-25(49)9-11-40(23,2)33(26)31(50)17-41(29,42)3/h9,11,15-16,19,22,24,26,29,31,33,50,55H,5-8,10,12-14,17-18,20-21H2,1-4H3,(H,45,54)/t22?,26-,29-,31-,33+,40-,41-,42-/m0/s1. The zero-order chi connectivity index (χ0) is 40.8. The molecule has 1 unspecified atom stereocenters. The highest BCUT2D eigenvalue weighted by Crippen LogP contribution is 2.67. The summed E-state index contributed by atoms with van der Waals surface area (Å²) < 4.78 is 29.3. The summed E-state index contributed by atoms with van der Waals surface area (Å²) >= 11 is 5.70. The van der Waals surface area contributed by atoms with Gasteiger partial charge < -0.3 is 39.4 Å². The molecule has 0 spiro atoms. The summed E-state index contributed by atoms with van der Waals surface area (Å²) in [5.41, 5.74) is -3.08. The van der Waals surface area contributed by atoms with Crippen LogP contribution in [0.5, 0.6) is 5.75 Å². The second kappa shape index (κ2) is 14.2. The fraction of sp³-hybridized carbons (Fsp3) is 0.595. The highest BCUT2D eigenvalue weighted by molar-refractivity contribution is 6.18. The fourth-order valence-electron chi connectivity index (χ4n) is 11.5. The molecular weight excluding hydrogens is 759 g/mol. The molecule has 8 rings (SSSR count). The Kier molecular flexibility index (Phi) is 9.87. The van der Waals surface area contributed by atoms with Crippen molar-refractivity contribution >= 4 is 51.8 Å². The van der Waals surface area contributed by atoms with Gasteiger partial charge >= 0.3 is 12.0 Å². The number of aromatic nitrogens is 1. The molecule has 1 aromatic carbocycles. The smallest absolute Gasteiger partial charge is 0.344 e. The molecule has 13 nitrogen and oxygen atoms in total. The maximum absolute atomic E-state index is 16.2. The Hall–Kier alpha value is -4.27. The lowest BCUT2D eigenvalue weighted by Crippen LogP contribution is -2.61. The van der Waals surface area contributed by atoms with Crippen LogP contribution in [0.25, 0.3) is 10.9 Å². The minimum atomic E-state index is -1.89. The van der Waals surface area contributed by atoms with Crippen LogP contribution >= 0.6 is 11.6 Å². The average molecular weight is 809 g/mol. The predicted molar refractivity (Wildman–Crippen MR) is 209 cm³/mol. The maximum Gasteiger partial charge on any atom is 0.344 e. The number of amides is 2. The van der Waals surface area contributed by atoms with E-state index >= 15 is 4.39 Å². The van der Waals surface area contributed by atoms with Gasteiger partial charge in [0.25, 0.3) is 0 Å². The van der Waals surface area contributed by atoms with Crippen molar-refractivity contribution in [3.8, 4) is 5.75 Å². The number of hydrogen-bond donors (Lipinski definition) is 3. The zero-order valence-electron chi connectivity index (χ0n) is 32.7. The number of nitrogens with zero attached hydrogens (tertiary/aromatic N) is 3. The lowest BCUT2D eigenvalue weighted by atomic mass is 9.46. The molecule has 2 heterocycles. The molecule has 15 heteroatoms. The van der Waals surface area contributed by atoms with Crippen molar-refractivity contribution in [3.05, 3.63) is 57.7 Å². The van der Waals surface area contributed by atoms with Crippen LogP contribution in [0.4, 0.5) is 14.9 Å². The summed E-state index contributed by atoms with van der Waals surface area (Å²) in [5, 5.41) is 26.4. The van der Waals surface area contributed by atoms with E-state index in [2.05, 4.69) is 12.2 Å². The van der Waals surface area contributed by atoms with Gasteiger partial charge in [-0.3, -0.25) is 14.4 Å². The van der Waals surface area contributed by atoms with E-state index in [9.17, 15) is 34.2 Å². The van der Waals surface area contributed by atoms with Gasteiger partial charge in [0, 0.05) is 54.7 Å². The number of ether oxygens (including phenoxy) is 2. The molecule has 306 valence electrons. The molecule has 2 aromatic rings. The number of allylic oxidation sites excluding steroid dienone is 4. The number of anilines is 1. The monoisotopic (exact) mass is 808 g/mol. The number of piperazine rings is 1. The molecular formula is C42H50ClFN4O9. The molecule has 1 aliphatic heterocycles. The van der Waals surface area contributed by atoms with Gasteiger partial charge in [0.15, 0.2) is 24.0 Å². The quantitative estimate of drug-likeness (QED) is 0.194. The van der Waals surface area contributed by atoms with Crippen molar-refractivity contribution < 1.29 is 43.3 Å². The van der Waals surface area contributed by atoms with Crippen LogP contribution in [0.3, 0.4) is 0 Å². The molecule has 4 saturated carbocycles. The molecule has 1 saturated heterocycles. The van der Waals surface area contributed by atoms with E-state index in [0.717, 1.165) is 30.9 Å². The zero-order valence-corrected chi connectivity index (χ0v) is 33.4. The summed E-state index contributed by atoms with van der Waals surface area (Å²) in [6.07, 6.45) is 9.41. The highest BCUT2D eigenvalue weighted by atomic mass is 35.5. The topological polar surface area (TPSA) is 168 Å². The minimum absolute atomic E-state index is 0.00452. The first-order valence-corrected chi connectivity index (χ1v) is 20.5. The first-order valence-electron chi connectivity index (χ1n) is 19.9. The number of Topliss-reactive ketones (excluding diaryl/α,β-unsaturated/α-hetero) is 1. The number of aliphatic hydroxyl groups is 2. The Balaban J connectivity index is 1.04. The van der Waals surface area contributed by atoms with Crippen LogP contribution in [0.15, 0.2) is 40.9 Å². The molecule has 2 amide bonds. The van der Waals surface area contributed by atoms with Crippen molar-refractivity contribution in [3.63, 3.8) is 0 Å². The summed E-state index contributed by atoms with van der Waals surface area (Å²) in [4.78, 5) is 69.8. The summed E-state index contributed by atoms with van der Waals surface area (Å²) in [5.74, 6) is -2.72. The first-order chi connectivity index (χ1) is 27.1. The van der Waals surface area contributed by atoms with Gasteiger partial charge in [0.1, 0.15) is 16.9 Å². The largest absolute Gasteiger partial charge is 0.492 e. The number of esters is 1. The van der Waals surface area contributed by atoms with E-state index in [0.29, 0.717) is 24.9 Å². The summed E-state index contributed by atoms with van der Waals surface area (Å²) in [6.45, 7) is 5.80. The predicted octanol–water partition coefficient (Wildman–Crippen LogP) is 4.64. The SMILES string of the molecule is COc1c(N2CCN(C(=O)NCCl)C(C)C2)c(F)cc2c(=O)c(C(=O)OCC(=O)[C@@]3(O)CC[C@H]4[C@@H]5CCC6=CC(=O)C=C[C@]6(C)[C@H]5[C@@H](O)C[C@@]43C)cn(C3CC3)c12. The number of nitrogens with one attached hydrogen (secondary N) is 1. The Morgan fingerprint density at radius 3 is 2.56 bits per heavy atom. The third kappa shape index (κ3) is 6.11. The van der Waals surface area contributed by atoms with Gasteiger partial charge in [-0.25, -0.2) is 14.0 Å². The van der Waals surface area contributed by atoms with Gasteiger partial charge in [-0.2, -0.15) is 0 Å². The average Bonchev–Trinajstić information content (AvgIpc) is 3.98. The van der Waals surface area contributed by atoms with Crippen molar-refractivity contribution in [1.82, 2.24) is 14.8 Å². The molecule has 5 fully saturated rings. The molecule has 6 aliphatic rings. The number of rotatable bonds is 8. The number of halogens is 2. The third-order valence-electron chi connectivity index (χ3n) is 14.4.